The van der Waals surface area contributed by atoms with E-state index in [1.165, 1.54) is 31.6 Å². The molecule has 1 aliphatic heterocycles. The van der Waals surface area contributed by atoms with Crippen LogP contribution in [-0.2, 0) is 28.4 Å². The lowest BCUT2D eigenvalue weighted by molar-refractivity contribution is -0.122. The molecule has 0 aliphatic carbocycles. The summed E-state index contributed by atoms with van der Waals surface area (Å²) in [6.07, 6.45) is 3.04. The number of carbonyl (C=O) groups is 2. The smallest absolute Gasteiger partial charge is 0.334 e. The number of furan rings is 1. The Kier molecular flexibility index (Phi) is 6.65. The number of halogens is 2. The fourth-order valence-corrected chi connectivity index (χ4v) is 5.73. The lowest BCUT2D eigenvalue weighted by Crippen LogP contribution is -2.22. The van der Waals surface area contributed by atoms with Crippen LogP contribution in [0.15, 0.2) is 83.6 Å². The van der Waals surface area contributed by atoms with E-state index in [9.17, 15) is 14.8 Å². The summed E-state index contributed by atoms with van der Waals surface area (Å²) in [5.74, 6) is -0.604. The molecule has 0 fully saturated rings. The normalized spacial score (nSPS) is 14.1. The molecule has 2 aromatic heterocycles. The molecule has 5 aromatic rings. The highest BCUT2D eigenvalue weighted by molar-refractivity contribution is 7.97. The van der Waals surface area contributed by atoms with Crippen molar-refractivity contribution in [2.24, 2.45) is 7.05 Å². The number of methoxy groups -OCH3 is 1. The van der Waals surface area contributed by atoms with Gasteiger partial charge in [-0.1, -0.05) is 42.5 Å². The number of nitrogens with one attached hydrogen (secondary N) is 1. The van der Waals surface area contributed by atoms with Crippen LogP contribution < -0.4 is 10.1 Å². The van der Waals surface area contributed by atoms with Crippen molar-refractivity contribution >= 4 is 56.8 Å². The zero-order valence-electron chi connectivity index (χ0n) is 21.9. The molecule has 3 aromatic carbocycles. The summed E-state index contributed by atoms with van der Waals surface area (Å²) in [6, 6.07) is 18.0. The van der Waals surface area contributed by atoms with Gasteiger partial charge in [0.1, 0.15) is 11.3 Å². The van der Waals surface area contributed by atoms with Gasteiger partial charge in [0.2, 0.25) is 0 Å². The van der Waals surface area contributed by atoms with Crippen molar-refractivity contribution in [2.45, 2.75) is 11.8 Å². The third-order valence-electron chi connectivity index (χ3n) is 6.96. The van der Waals surface area contributed by atoms with Crippen molar-refractivity contribution in [3.05, 3.63) is 101 Å². The van der Waals surface area contributed by atoms with Gasteiger partial charge in [0.25, 0.3) is 11.8 Å². The van der Waals surface area contributed by atoms with Crippen molar-refractivity contribution < 1.29 is 32.7 Å². The number of aromatic nitrogens is 1. The highest BCUT2D eigenvalue weighted by atomic mass is 32.2. The monoisotopic (exact) mass is 575 g/mol. The molecule has 208 valence electrons. The molecule has 2 amide bonds. The Balaban J connectivity index is 1.39. The number of rotatable bonds is 8. The summed E-state index contributed by atoms with van der Waals surface area (Å²) in [6.45, 7) is -0.0901. The van der Waals surface area contributed by atoms with Gasteiger partial charge < -0.3 is 18.9 Å². The summed E-state index contributed by atoms with van der Waals surface area (Å²) in [7, 11) is 3.20. The van der Waals surface area contributed by atoms with Gasteiger partial charge in [-0.2, -0.15) is 8.78 Å². The maximum absolute atomic E-state index is 15.3. The van der Waals surface area contributed by atoms with Crippen molar-refractivity contribution in [2.75, 3.05) is 7.11 Å². The van der Waals surface area contributed by atoms with Crippen LogP contribution >= 0.6 is 11.9 Å². The second kappa shape index (κ2) is 10.2. The van der Waals surface area contributed by atoms with Crippen LogP contribution in [0, 0.1) is 0 Å². The summed E-state index contributed by atoms with van der Waals surface area (Å²) in [5, 5.41) is 10.2. The van der Waals surface area contributed by atoms with Gasteiger partial charge >= 0.3 is 5.25 Å². The highest BCUT2D eigenvalue weighted by Gasteiger charge is 2.38. The molecule has 0 radical (unpaired) electrons. The quantitative estimate of drug-likeness (QED) is 0.131. The van der Waals surface area contributed by atoms with Gasteiger partial charge in [0.15, 0.2) is 0 Å². The van der Waals surface area contributed by atoms with E-state index in [0.29, 0.717) is 48.8 Å². The Morgan fingerprint density at radius 3 is 2.44 bits per heavy atom. The lowest BCUT2D eigenvalue weighted by atomic mass is 9.95. The standard InChI is InChI=1S/C30H23F2N3O5S/c1-34-15-22(26-27(29(37)33-28(26)36)23-16-40-25-13-19(39-2)9-11-21(23)25)20-10-8-18(12-24(20)34)30(31,32)41-35(38)14-17-6-4-3-5-7-17/h3-13,15-16,38H,14H2,1-2H3,(H,33,36,37). The van der Waals surface area contributed by atoms with Crippen molar-refractivity contribution in [1.29, 1.82) is 0 Å². The number of benzene rings is 3. The van der Waals surface area contributed by atoms with E-state index in [1.54, 1.807) is 66.3 Å². The van der Waals surface area contributed by atoms with Crippen molar-refractivity contribution in [3.63, 3.8) is 0 Å². The van der Waals surface area contributed by atoms with Gasteiger partial charge in [0, 0.05) is 64.2 Å². The van der Waals surface area contributed by atoms with Gasteiger partial charge in [-0.3, -0.25) is 14.9 Å². The summed E-state index contributed by atoms with van der Waals surface area (Å²) in [5.41, 5.74) is 2.35. The highest BCUT2D eigenvalue weighted by Crippen LogP contribution is 2.44. The predicted molar refractivity (Wildman–Crippen MR) is 151 cm³/mol. The third-order valence-corrected chi connectivity index (χ3v) is 7.76. The van der Waals surface area contributed by atoms with E-state index in [-0.39, 0.29) is 35.2 Å². The number of carbonyl (C=O) groups excluding carboxylic acids is 2. The minimum Gasteiger partial charge on any atom is -0.497 e. The zero-order chi connectivity index (χ0) is 28.9. The van der Waals surface area contributed by atoms with E-state index in [0.717, 1.165) is 0 Å². The fraction of sp³-hybridized carbons (Fsp3) is 0.133. The molecule has 11 heteroatoms. The number of nitrogens with zero attached hydrogens (tertiary/aromatic N) is 2. The van der Waals surface area contributed by atoms with E-state index in [1.807, 2.05) is 0 Å². The zero-order valence-corrected chi connectivity index (χ0v) is 22.7. The lowest BCUT2D eigenvalue weighted by Gasteiger charge is -2.21. The molecule has 0 saturated carbocycles. The van der Waals surface area contributed by atoms with Crippen LogP contribution in [0.3, 0.4) is 0 Å². The van der Waals surface area contributed by atoms with Crippen LogP contribution in [0.1, 0.15) is 22.3 Å². The van der Waals surface area contributed by atoms with E-state index in [4.69, 9.17) is 9.15 Å². The van der Waals surface area contributed by atoms with Gasteiger partial charge in [-0.05, 0) is 23.8 Å². The number of alkyl halides is 2. The van der Waals surface area contributed by atoms with Gasteiger partial charge in [-0.15, -0.1) is 4.47 Å². The SMILES string of the molecule is COc1ccc2c(C3=C(c4cn(C)c5cc(C(F)(F)SN(O)Cc6ccccc6)ccc45)C(=O)NC3=O)coc2c1. The number of hydrogen-bond donors (Lipinski definition) is 2. The number of ether oxygens (including phenoxy) is 1. The molecule has 2 N–H and O–H groups in total. The first-order chi connectivity index (χ1) is 19.7. The van der Waals surface area contributed by atoms with Crippen molar-refractivity contribution in [3.8, 4) is 5.75 Å². The molecule has 0 atom stereocenters. The molecule has 3 heterocycles. The number of imide groups is 1. The molecule has 8 nitrogen and oxygen atoms in total. The topological polar surface area (TPSA) is 96.9 Å². The van der Waals surface area contributed by atoms with Gasteiger partial charge in [-0.25, -0.2) is 0 Å². The first-order valence-corrected chi connectivity index (χ1v) is 13.3. The molecule has 1 aliphatic rings. The molecular formula is C30H23F2N3O5S. The van der Waals surface area contributed by atoms with Crippen molar-refractivity contribution in [1.82, 2.24) is 14.4 Å². The molecule has 0 spiro atoms. The minimum absolute atomic E-state index is 0.00818. The predicted octanol–water partition coefficient (Wildman–Crippen LogP) is 6.09. The second-order valence-corrected chi connectivity index (χ2v) is 10.7. The molecule has 0 unspecified atom stereocenters. The van der Waals surface area contributed by atoms with Gasteiger partial charge in [0.05, 0.1) is 31.1 Å². The Labute approximate surface area is 236 Å². The average molecular weight is 576 g/mol. The maximum atomic E-state index is 15.3. The molecular weight excluding hydrogens is 552 g/mol. The second-order valence-electron chi connectivity index (χ2n) is 9.53. The van der Waals surface area contributed by atoms with Crippen LogP contribution in [0.2, 0.25) is 0 Å². The summed E-state index contributed by atoms with van der Waals surface area (Å²) in [4.78, 5) is 26.1. The Morgan fingerprint density at radius 1 is 1.00 bits per heavy atom. The molecule has 41 heavy (non-hydrogen) atoms. The van der Waals surface area contributed by atoms with Crippen LogP contribution in [0.5, 0.6) is 5.75 Å². The largest absolute Gasteiger partial charge is 0.497 e. The molecule has 0 saturated heterocycles. The summed E-state index contributed by atoms with van der Waals surface area (Å²) < 4.78 is 43.5. The number of hydrogen-bond acceptors (Lipinski definition) is 7. The van der Waals surface area contributed by atoms with Crippen LogP contribution in [-0.4, -0.2) is 33.2 Å². The molecule has 6 rings (SSSR count). The first kappa shape index (κ1) is 26.8. The van der Waals surface area contributed by atoms with E-state index >= 15 is 8.78 Å². The fourth-order valence-electron chi connectivity index (χ4n) is 5.02. The summed E-state index contributed by atoms with van der Waals surface area (Å²) >= 11 is 0.00818. The third kappa shape index (κ3) is 4.77. The first-order valence-electron chi connectivity index (χ1n) is 12.5. The Bertz CT molecular complexity index is 1860. The number of fused-ring (bicyclic) bond motifs is 2. The van der Waals surface area contributed by atoms with E-state index in [2.05, 4.69) is 5.32 Å². The molecule has 0 bridgehead atoms. The van der Waals surface area contributed by atoms with Crippen LogP contribution in [0.25, 0.3) is 33.0 Å². The Morgan fingerprint density at radius 2 is 1.71 bits per heavy atom. The minimum atomic E-state index is -3.45. The Hall–Kier alpha value is -4.45. The maximum Gasteiger partial charge on any atom is 0.334 e. The average Bonchev–Trinajstić information content (AvgIpc) is 3.60. The van der Waals surface area contributed by atoms with E-state index < -0.39 is 17.1 Å². The number of aryl methyl sites for hydroxylation is 1. The number of hydroxylamine groups is 1. The number of amides is 2. The van der Waals surface area contributed by atoms with Crippen LogP contribution in [0.4, 0.5) is 8.78 Å².